The minimum atomic E-state index is -0.925. The normalized spacial score (nSPS) is 17.5. The summed E-state index contributed by atoms with van der Waals surface area (Å²) in [5, 5.41) is 11.9. The average Bonchev–Trinajstić information content (AvgIpc) is 3.42. The maximum Gasteiger partial charge on any atom is 0.301 e. The van der Waals surface area contributed by atoms with E-state index in [1.807, 2.05) is 37.3 Å². The Bertz CT molecular complexity index is 1500. The molecule has 1 atom stereocenters. The molecule has 37 heavy (non-hydrogen) atoms. The lowest BCUT2D eigenvalue weighted by Crippen LogP contribution is -2.29. The molecule has 8 heteroatoms. The number of carbonyl (C=O) groups excluding carboxylic acids is 2. The zero-order valence-electron chi connectivity index (χ0n) is 21.1. The number of aromatic nitrogens is 2. The Morgan fingerprint density at radius 2 is 1.84 bits per heavy atom. The molecule has 0 saturated carbocycles. The number of fused-ring (bicyclic) bond motifs is 1. The van der Waals surface area contributed by atoms with Gasteiger partial charge in [-0.1, -0.05) is 50.3 Å². The monoisotopic (exact) mass is 513 g/mol. The SMILES string of the molecule is CCOc1ccc(/C(O)=C2\C(=O)C(=O)N(c3nc4ccccc4s3)C2c2ccccn2)cc1C(C)(C)C. The third kappa shape index (κ3) is 4.38. The van der Waals surface area contributed by atoms with Gasteiger partial charge in [0.05, 0.1) is 28.1 Å². The van der Waals surface area contributed by atoms with Crippen LogP contribution >= 0.6 is 11.3 Å². The van der Waals surface area contributed by atoms with Crippen molar-refractivity contribution >= 4 is 44.1 Å². The molecule has 0 bridgehead atoms. The van der Waals surface area contributed by atoms with Crippen molar-refractivity contribution in [2.24, 2.45) is 0 Å². The molecule has 1 unspecified atom stereocenters. The number of aliphatic hydroxyl groups is 1. The van der Waals surface area contributed by atoms with Gasteiger partial charge in [-0.05, 0) is 54.8 Å². The second-order valence-corrected chi connectivity index (χ2v) is 10.8. The van der Waals surface area contributed by atoms with Crippen LogP contribution in [-0.2, 0) is 15.0 Å². The first kappa shape index (κ1) is 24.6. The topological polar surface area (TPSA) is 92.6 Å². The number of anilines is 1. The van der Waals surface area contributed by atoms with Gasteiger partial charge >= 0.3 is 5.91 Å². The summed E-state index contributed by atoms with van der Waals surface area (Å²) in [6.07, 6.45) is 1.60. The van der Waals surface area contributed by atoms with Gasteiger partial charge in [-0.3, -0.25) is 19.5 Å². The van der Waals surface area contributed by atoms with E-state index in [0.717, 1.165) is 15.8 Å². The van der Waals surface area contributed by atoms with Crippen LogP contribution in [0.5, 0.6) is 5.75 Å². The van der Waals surface area contributed by atoms with Crippen LogP contribution in [0.2, 0.25) is 0 Å². The second-order valence-electron chi connectivity index (χ2n) is 9.78. The van der Waals surface area contributed by atoms with Crippen molar-refractivity contribution in [3.05, 3.63) is 89.3 Å². The second kappa shape index (κ2) is 9.44. The first-order valence-electron chi connectivity index (χ1n) is 12.1. The van der Waals surface area contributed by atoms with E-state index in [-0.39, 0.29) is 16.7 Å². The standard InChI is InChI=1S/C29H27N3O4S/c1-5-36-21-14-13-17(16-18(21)29(2,3)4)25(33)23-24(20-11-8-9-15-30-20)32(27(35)26(23)34)28-31-19-10-6-7-12-22(19)37-28/h6-16,24,33H,5H2,1-4H3/b25-23+. The van der Waals surface area contributed by atoms with Gasteiger partial charge in [0.2, 0.25) is 0 Å². The maximum absolute atomic E-state index is 13.5. The fourth-order valence-electron chi connectivity index (χ4n) is 4.51. The molecule has 1 amide bonds. The zero-order valence-corrected chi connectivity index (χ0v) is 21.9. The molecule has 3 heterocycles. The van der Waals surface area contributed by atoms with Crippen LogP contribution in [0.25, 0.3) is 16.0 Å². The fraction of sp³-hybridized carbons (Fsp3) is 0.241. The number of pyridine rings is 1. The van der Waals surface area contributed by atoms with Gasteiger partial charge in [0.15, 0.2) is 5.13 Å². The summed E-state index contributed by atoms with van der Waals surface area (Å²) >= 11 is 1.31. The van der Waals surface area contributed by atoms with Crippen LogP contribution in [0.4, 0.5) is 5.13 Å². The number of carbonyl (C=O) groups is 2. The van der Waals surface area contributed by atoms with E-state index in [1.165, 1.54) is 16.2 Å². The Kier molecular flexibility index (Phi) is 6.29. The number of benzene rings is 2. The molecule has 2 aromatic heterocycles. The van der Waals surface area contributed by atoms with E-state index < -0.39 is 17.7 Å². The molecule has 1 aliphatic heterocycles. The van der Waals surface area contributed by atoms with Gasteiger partial charge in [0, 0.05) is 17.3 Å². The molecule has 5 rings (SSSR count). The van der Waals surface area contributed by atoms with Gasteiger partial charge in [-0.15, -0.1) is 0 Å². The lowest BCUT2D eigenvalue weighted by molar-refractivity contribution is -0.132. The molecule has 188 valence electrons. The third-order valence-electron chi connectivity index (χ3n) is 6.26. The minimum absolute atomic E-state index is 0.0213. The number of hydrogen-bond donors (Lipinski definition) is 1. The molecule has 4 aromatic rings. The molecule has 0 aliphatic carbocycles. The number of para-hydroxylation sites is 1. The van der Waals surface area contributed by atoms with Crippen molar-refractivity contribution in [1.82, 2.24) is 9.97 Å². The van der Waals surface area contributed by atoms with Crippen LogP contribution < -0.4 is 9.64 Å². The van der Waals surface area contributed by atoms with Gasteiger partial charge in [0.1, 0.15) is 17.6 Å². The average molecular weight is 514 g/mol. The summed E-state index contributed by atoms with van der Waals surface area (Å²) in [6, 6.07) is 17.2. The van der Waals surface area contributed by atoms with Crippen molar-refractivity contribution in [3.8, 4) is 5.75 Å². The lowest BCUT2D eigenvalue weighted by atomic mass is 9.84. The van der Waals surface area contributed by atoms with Crippen LogP contribution in [0.1, 0.15) is 50.6 Å². The number of Topliss-reactive ketones (excluding diaryl/α,β-unsaturated/α-hetero) is 1. The van der Waals surface area contributed by atoms with Gasteiger partial charge < -0.3 is 9.84 Å². The van der Waals surface area contributed by atoms with Crippen molar-refractivity contribution in [3.63, 3.8) is 0 Å². The molecule has 1 fully saturated rings. The zero-order chi connectivity index (χ0) is 26.3. The van der Waals surface area contributed by atoms with Gasteiger partial charge in [0.25, 0.3) is 5.78 Å². The van der Waals surface area contributed by atoms with E-state index in [2.05, 4.69) is 30.7 Å². The highest BCUT2D eigenvalue weighted by molar-refractivity contribution is 7.22. The summed E-state index contributed by atoms with van der Waals surface area (Å²) in [5.41, 5.74) is 2.20. The molecular weight excluding hydrogens is 486 g/mol. The number of hydrogen-bond acceptors (Lipinski definition) is 7. The molecule has 1 saturated heterocycles. The summed E-state index contributed by atoms with van der Waals surface area (Å²) in [6.45, 7) is 8.57. The molecule has 7 nitrogen and oxygen atoms in total. The van der Waals surface area contributed by atoms with E-state index in [1.54, 1.807) is 36.5 Å². The quantitative estimate of drug-likeness (QED) is 0.199. The third-order valence-corrected chi connectivity index (χ3v) is 7.30. The van der Waals surface area contributed by atoms with Crippen LogP contribution in [0.3, 0.4) is 0 Å². The lowest BCUT2D eigenvalue weighted by Gasteiger charge is -2.24. The predicted molar refractivity (Wildman–Crippen MR) is 145 cm³/mol. The Morgan fingerprint density at radius 3 is 2.51 bits per heavy atom. The van der Waals surface area contributed by atoms with E-state index in [4.69, 9.17) is 4.74 Å². The largest absolute Gasteiger partial charge is 0.507 e. The molecule has 1 N–H and O–H groups in total. The van der Waals surface area contributed by atoms with Gasteiger partial charge in [-0.2, -0.15) is 0 Å². The first-order valence-corrected chi connectivity index (χ1v) is 12.9. The number of ether oxygens (including phenoxy) is 1. The molecule has 0 spiro atoms. The maximum atomic E-state index is 13.5. The van der Waals surface area contributed by atoms with E-state index >= 15 is 0 Å². The van der Waals surface area contributed by atoms with E-state index in [0.29, 0.717) is 28.7 Å². The fourth-order valence-corrected chi connectivity index (χ4v) is 5.50. The van der Waals surface area contributed by atoms with E-state index in [9.17, 15) is 14.7 Å². The smallest absolute Gasteiger partial charge is 0.301 e. The summed E-state index contributed by atoms with van der Waals surface area (Å²) in [7, 11) is 0. The Morgan fingerprint density at radius 1 is 1.08 bits per heavy atom. The molecule has 1 aliphatic rings. The Hall–Kier alpha value is -4.04. The Balaban J connectivity index is 1.71. The summed E-state index contributed by atoms with van der Waals surface area (Å²) in [4.78, 5) is 37.3. The van der Waals surface area contributed by atoms with Crippen LogP contribution in [0, 0.1) is 0 Å². The highest BCUT2D eigenvalue weighted by Crippen LogP contribution is 2.44. The summed E-state index contributed by atoms with van der Waals surface area (Å²) in [5.74, 6) is -1.08. The number of thiazole rings is 1. The Labute approximate surface area is 219 Å². The number of nitrogens with zero attached hydrogens (tertiary/aromatic N) is 3. The number of rotatable bonds is 5. The highest BCUT2D eigenvalue weighted by atomic mass is 32.1. The van der Waals surface area contributed by atoms with Crippen LogP contribution in [-0.4, -0.2) is 33.4 Å². The highest BCUT2D eigenvalue weighted by Gasteiger charge is 2.49. The van der Waals surface area contributed by atoms with Crippen molar-refractivity contribution in [2.45, 2.75) is 39.2 Å². The summed E-state index contributed by atoms with van der Waals surface area (Å²) < 4.78 is 6.70. The molecular formula is C29H27N3O4S. The van der Waals surface area contributed by atoms with Crippen LogP contribution in [0.15, 0.2) is 72.4 Å². The number of ketones is 1. The van der Waals surface area contributed by atoms with Crippen molar-refractivity contribution < 1.29 is 19.4 Å². The van der Waals surface area contributed by atoms with Gasteiger partial charge in [-0.25, -0.2) is 4.98 Å². The predicted octanol–water partition coefficient (Wildman–Crippen LogP) is 6.01. The van der Waals surface area contributed by atoms with Crippen molar-refractivity contribution in [2.75, 3.05) is 11.5 Å². The number of amides is 1. The number of aliphatic hydroxyl groups excluding tert-OH is 1. The van der Waals surface area contributed by atoms with Crippen molar-refractivity contribution in [1.29, 1.82) is 0 Å². The molecule has 2 aromatic carbocycles. The first-order chi connectivity index (χ1) is 17.7. The molecule has 0 radical (unpaired) electrons. The minimum Gasteiger partial charge on any atom is -0.507 e.